The molecule has 0 aromatic heterocycles. The number of nitrogens with zero attached hydrogens (tertiary/aromatic N) is 3. The molecule has 1 aromatic rings. The fourth-order valence-electron chi connectivity index (χ4n) is 5.40. The fraction of sp³-hybridized carbons (Fsp3) is 0.667. The van der Waals surface area contributed by atoms with Crippen molar-refractivity contribution >= 4 is 17.6 Å². The van der Waals surface area contributed by atoms with Crippen LogP contribution in [0.2, 0.25) is 0 Å². The second-order valence-electron chi connectivity index (χ2n) is 9.19. The zero-order chi connectivity index (χ0) is 21.6. The summed E-state index contributed by atoms with van der Waals surface area (Å²) in [6.45, 7) is 4.77. The number of amides is 3. The average molecular weight is 431 g/mol. The molecule has 3 aliphatic rings. The van der Waals surface area contributed by atoms with Gasteiger partial charge in [0.2, 0.25) is 5.91 Å². The van der Waals surface area contributed by atoms with Crippen molar-refractivity contribution in [3.8, 4) is 0 Å². The van der Waals surface area contributed by atoms with Gasteiger partial charge in [0, 0.05) is 52.2 Å². The van der Waals surface area contributed by atoms with Crippen molar-refractivity contribution in [2.75, 3.05) is 50.7 Å². The summed E-state index contributed by atoms with van der Waals surface area (Å²) in [5, 5.41) is 3.01. The Morgan fingerprint density at radius 3 is 2.45 bits per heavy atom. The van der Waals surface area contributed by atoms with Gasteiger partial charge in [-0.3, -0.25) is 4.79 Å². The van der Waals surface area contributed by atoms with Crippen LogP contribution in [-0.4, -0.2) is 67.6 Å². The first-order valence-corrected chi connectivity index (χ1v) is 11.9. The number of halogens is 1. The van der Waals surface area contributed by atoms with E-state index in [1.165, 1.54) is 31.7 Å². The van der Waals surface area contributed by atoms with Crippen LogP contribution in [0.5, 0.6) is 0 Å². The smallest absolute Gasteiger partial charge is 0.317 e. The number of rotatable bonds is 5. The van der Waals surface area contributed by atoms with Gasteiger partial charge in [-0.25, -0.2) is 9.18 Å². The van der Waals surface area contributed by atoms with Crippen LogP contribution in [-0.2, 0) is 4.79 Å². The first-order valence-electron chi connectivity index (χ1n) is 11.9. The molecular formula is C24H35FN4O2. The molecule has 2 unspecified atom stereocenters. The summed E-state index contributed by atoms with van der Waals surface area (Å²) in [4.78, 5) is 30.8. The van der Waals surface area contributed by atoms with Crippen molar-refractivity contribution in [2.24, 2.45) is 11.8 Å². The minimum absolute atomic E-state index is 0.0231. The molecule has 3 amide bonds. The number of piperazine rings is 1. The lowest BCUT2D eigenvalue weighted by atomic mass is 9.75. The zero-order valence-electron chi connectivity index (χ0n) is 18.4. The summed E-state index contributed by atoms with van der Waals surface area (Å²) in [5.74, 6) is 1.39. The largest absolute Gasteiger partial charge is 0.366 e. The number of para-hydroxylation sites is 1. The van der Waals surface area contributed by atoms with E-state index in [-0.39, 0.29) is 17.8 Å². The van der Waals surface area contributed by atoms with E-state index in [0.29, 0.717) is 57.2 Å². The molecule has 0 spiro atoms. The number of carbonyl (C=O) groups is 2. The Labute approximate surface area is 184 Å². The third-order valence-electron chi connectivity index (χ3n) is 7.25. The van der Waals surface area contributed by atoms with Gasteiger partial charge in [0.15, 0.2) is 0 Å². The Morgan fingerprint density at radius 1 is 0.935 bits per heavy atom. The molecule has 1 aromatic carbocycles. The van der Waals surface area contributed by atoms with Crippen LogP contribution >= 0.6 is 0 Å². The third kappa shape index (κ3) is 5.49. The lowest BCUT2D eigenvalue weighted by Crippen LogP contribution is -2.49. The molecule has 4 rings (SSSR count). The molecule has 2 atom stereocenters. The first-order chi connectivity index (χ1) is 15.1. The summed E-state index contributed by atoms with van der Waals surface area (Å²) >= 11 is 0. The predicted molar refractivity (Wildman–Crippen MR) is 119 cm³/mol. The monoisotopic (exact) mass is 430 g/mol. The molecule has 3 fully saturated rings. The van der Waals surface area contributed by atoms with Crippen molar-refractivity contribution in [3.05, 3.63) is 30.1 Å². The molecule has 1 saturated carbocycles. The average Bonchev–Trinajstić information content (AvgIpc) is 2.81. The zero-order valence-corrected chi connectivity index (χ0v) is 18.4. The van der Waals surface area contributed by atoms with Gasteiger partial charge < -0.3 is 20.0 Å². The van der Waals surface area contributed by atoms with Gasteiger partial charge in [0.05, 0.1) is 5.69 Å². The topological polar surface area (TPSA) is 55.9 Å². The summed E-state index contributed by atoms with van der Waals surface area (Å²) in [5.41, 5.74) is 0.606. The molecule has 0 bridgehead atoms. The molecular weight excluding hydrogens is 395 g/mol. The number of urea groups is 1. The minimum Gasteiger partial charge on any atom is -0.366 e. The van der Waals surface area contributed by atoms with Gasteiger partial charge in [0.25, 0.3) is 0 Å². The van der Waals surface area contributed by atoms with E-state index in [9.17, 15) is 14.0 Å². The maximum absolute atomic E-state index is 14.0. The van der Waals surface area contributed by atoms with Gasteiger partial charge in [-0.2, -0.15) is 0 Å². The number of nitrogens with one attached hydrogen (secondary N) is 1. The van der Waals surface area contributed by atoms with Crippen molar-refractivity contribution in [1.82, 2.24) is 15.1 Å². The van der Waals surface area contributed by atoms with Crippen molar-refractivity contribution < 1.29 is 14.0 Å². The van der Waals surface area contributed by atoms with Gasteiger partial charge in [-0.1, -0.05) is 31.4 Å². The number of carbonyl (C=O) groups excluding carboxylic acids is 2. The number of likely N-dealkylation sites (tertiary alicyclic amines) is 1. The van der Waals surface area contributed by atoms with E-state index in [1.807, 2.05) is 20.8 Å². The molecule has 31 heavy (non-hydrogen) atoms. The highest BCUT2D eigenvalue weighted by Crippen LogP contribution is 2.36. The second-order valence-corrected chi connectivity index (χ2v) is 9.19. The summed E-state index contributed by atoms with van der Waals surface area (Å²) in [6, 6.07) is 6.80. The van der Waals surface area contributed by atoms with Crippen LogP contribution in [0, 0.1) is 17.7 Å². The SMILES string of the molecule is O=C(CCCNC(=O)N1CCC2CCCCC2C1)N1CCN(c2ccccc2F)CC1. The van der Waals surface area contributed by atoms with Crippen LogP contribution in [0.15, 0.2) is 24.3 Å². The number of hydrogen-bond acceptors (Lipinski definition) is 3. The maximum atomic E-state index is 14.0. The van der Waals surface area contributed by atoms with E-state index in [0.717, 1.165) is 25.4 Å². The van der Waals surface area contributed by atoms with E-state index < -0.39 is 0 Å². The van der Waals surface area contributed by atoms with Crippen LogP contribution < -0.4 is 10.2 Å². The van der Waals surface area contributed by atoms with Crippen LogP contribution in [0.25, 0.3) is 0 Å². The van der Waals surface area contributed by atoms with Gasteiger partial charge in [-0.05, 0) is 43.2 Å². The molecule has 170 valence electrons. The Bertz CT molecular complexity index is 766. The molecule has 2 heterocycles. The van der Waals surface area contributed by atoms with Crippen LogP contribution in [0.1, 0.15) is 44.9 Å². The minimum atomic E-state index is -0.217. The second kappa shape index (κ2) is 10.3. The summed E-state index contributed by atoms with van der Waals surface area (Å²) in [6.07, 6.45) is 7.45. The number of anilines is 1. The summed E-state index contributed by atoms with van der Waals surface area (Å²) < 4.78 is 14.0. The standard InChI is InChI=1S/C24H35FN4O2/c25-21-8-3-4-9-22(21)27-14-16-28(17-15-27)23(30)10-5-12-26-24(31)29-13-11-19-6-1-2-7-20(19)18-29/h3-4,8-9,19-20H,1-2,5-7,10-18H2,(H,26,31). The normalized spacial score (nSPS) is 24.0. The number of benzene rings is 1. The Kier molecular flexibility index (Phi) is 7.30. The molecule has 1 N–H and O–H groups in total. The van der Waals surface area contributed by atoms with Crippen LogP contribution in [0.4, 0.5) is 14.9 Å². The van der Waals surface area contributed by atoms with Crippen molar-refractivity contribution in [2.45, 2.75) is 44.9 Å². The van der Waals surface area contributed by atoms with Crippen molar-refractivity contribution in [3.63, 3.8) is 0 Å². The number of hydrogen-bond donors (Lipinski definition) is 1. The molecule has 6 nitrogen and oxygen atoms in total. The van der Waals surface area contributed by atoms with Crippen molar-refractivity contribution in [1.29, 1.82) is 0 Å². The van der Waals surface area contributed by atoms with E-state index in [2.05, 4.69) is 5.32 Å². The molecule has 2 saturated heterocycles. The Balaban J connectivity index is 1.13. The third-order valence-corrected chi connectivity index (χ3v) is 7.25. The number of piperidine rings is 1. The quantitative estimate of drug-likeness (QED) is 0.728. The lowest BCUT2D eigenvalue weighted by molar-refractivity contribution is -0.131. The Hall–Kier alpha value is -2.31. The highest BCUT2D eigenvalue weighted by Gasteiger charge is 2.32. The lowest BCUT2D eigenvalue weighted by Gasteiger charge is -2.41. The molecule has 0 radical (unpaired) electrons. The van der Waals surface area contributed by atoms with E-state index in [4.69, 9.17) is 0 Å². The fourth-order valence-corrected chi connectivity index (χ4v) is 5.40. The first kappa shape index (κ1) is 21.9. The summed E-state index contributed by atoms with van der Waals surface area (Å²) in [7, 11) is 0. The highest BCUT2D eigenvalue weighted by molar-refractivity contribution is 5.77. The number of fused-ring (bicyclic) bond motifs is 1. The molecule has 7 heteroatoms. The predicted octanol–water partition coefficient (Wildman–Crippen LogP) is 3.48. The Morgan fingerprint density at radius 2 is 1.68 bits per heavy atom. The van der Waals surface area contributed by atoms with E-state index >= 15 is 0 Å². The molecule has 2 aliphatic heterocycles. The molecule has 1 aliphatic carbocycles. The van der Waals surface area contributed by atoms with Gasteiger partial charge >= 0.3 is 6.03 Å². The van der Waals surface area contributed by atoms with Gasteiger partial charge in [-0.15, -0.1) is 0 Å². The van der Waals surface area contributed by atoms with Gasteiger partial charge in [0.1, 0.15) is 5.82 Å². The highest BCUT2D eigenvalue weighted by atomic mass is 19.1. The maximum Gasteiger partial charge on any atom is 0.317 e. The van der Waals surface area contributed by atoms with Crippen LogP contribution in [0.3, 0.4) is 0 Å². The van der Waals surface area contributed by atoms with E-state index in [1.54, 1.807) is 12.1 Å².